The second kappa shape index (κ2) is 13.3. The van der Waals surface area contributed by atoms with Crippen molar-refractivity contribution >= 4 is 22.6 Å². The highest BCUT2D eigenvalue weighted by atomic mass is 127. The van der Waals surface area contributed by atoms with Crippen LogP contribution in [0.3, 0.4) is 0 Å². The van der Waals surface area contributed by atoms with Crippen molar-refractivity contribution < 1.29 is 0 Å². The molecule has 0 heterocycles. The number of aryl methyl sites for hydroxylation is 1. The zero-order chi connectivity index (χ0) is 16.9. The van der Waals surface area contributed by atoms with Crippen molar-refractivity contribution in [2.24, 2.45) is 0 Å². The van der Waals surface area contributed by atoms with Crippen molar-refractivity contribution in [1.82, 2.24) is 0 Å². The van der Waals surface area contributed by atoms with Gasteiger partial charge in [-0.2, -0.15) is 0 Å². The van der Waals surface area contributed by atoms with Crippen LogP contribution in [0.2, 0.25) is 0 Å². The molecule has 0 aliphatic carbocycles. The molecular weight excluding hydrogens is 391 g/mol. The molecule has 0 radical (unpaired) electrons. The monoisotopic (exact) mass is 428 g/mol. The van der Waals surface area contributed by atoms with Gasteiger partial charge in [0.1, 0.15) is 0 Å². The molecule has 0 N–H and O–H groups in total. The Hall–Kier alpha value is -0.0500. The van der Waals surface area contributed by atoms with Gasteiger partial charge in [-0.05, 0) is 36.8 Å². The molecule has 0 aliphatic heterocycles. The quantitative estimate of drug-likeness (QED) is 0.169. The molecule has 2 atom stereocenters. The maximum atomic E-state index is 2.71. The Kier molecular flexibility index (Phi) is 12.1. The SMILES string of the molecule is CCCCCCCCCCCC(I)C(CC)c1ccccc1C. The van der Waals surface area contributed by atoms with Crippen LogP contribution in [0.5, 0.6) is 0 Å². The summed E-state index contributed by atoms with van der Waals surface area (Å²) in [6, 6.07) is 8.96. The van der Waals surface area contributed by atoms with Crippen LogP contribution in [-0.2, 0) is 0 Å². The number of hydrogen-bond acceptors (Lipinski definition) is 0. The zero-order valence-electron chi connectivity index (χ0n) is 15.6. The molecule has 1 aromatic rings. The summed E-state index contributed by atoms with van der Waals surface area (Å²) in [5.41, 5.74) is 3.04. The third-order valence-corrected chi connectivity index (χ3v) is 6.54. The fourth-order valence-corrected chi connectivity index (χ4v) is 4.86. The van der Waals surface area contributed by atoms with E-state index in [9.17, 15) is 0 Å². The highest BCUT2D eigenvalue weighted by molar-refractivity contribution is 14.1. The van der Waals surface area contributed by atoms with Gasteiger partial charge in [-0.1, -0.05) is 118 Å². The van der Waals surface area contributed by atoms with E-state index in [1.165, 1.54) is 76.2 Å². The standard InChI is InChI=1S/C22H37I/c1-4-6-7-8-9-10-11-12-13-18-22(23)20(5-2)21-17-15-14-16-19(21)3/h14-17,20,22H,4-13,18H2,1-3H3. The lowest BCUT2D eigenvalue weighted by Gasteiger charge is -2.23. The summed E-state index contributed by atoms with van der Waals surface area (Å²) in [6.45, 7) is 6.90. The summed E-state index contributed by atoms with van der Waals surface area (Å²) < 4.78 is 0.781. The third-order valence-electron chi connectivity index (χ3n) is 5.05. The van der Waals surface area contributed by atoms with E-state index >= 15 is 0 Å². The molecular formula is C22H37I. The van der Waals surface area contributed by atoms with Crippen LogP contribution in [0.1, 0.15) is 102 Å². The van der Waals surface area contributed by atoms with Gasteiger partial charge in [0, 0.05) is 3.92 Å². The van der Waals surface area contributed by atoms with Gasteiger partial charge in [-0.25, -0.2) is 0 Å². The van der Waals surface area contributed by atoms with Crippen molar-refractivity contribution in [3.63, 3.8) is 0 Å². The van der Waals surface area contributed by atoms with Crippen LogP contribution >= 0.6 is 22.6 Å². The van der Waals surface area contributed by atoms with E-state index in [1.54, 1.807) is 5.56 Å². The largest absolute Gasteiger partial charge is 0.0820 e. The Morgan fingerprint density at radius 3 is 1.96 bits per heavy atom. The summed E-state index contributed by atoms with van der Waals surface area (Å²) in [7, 11) is 0. The summed E-state index contributed by atoms with van der Waals surface area (Å²) in [5.74, 6) is 0.728. The van der Waals surface area contributed by atoms with Gasteiger partial charge in [-0.3, -0.25) is 0 Å². The lowest BCUT2D eigenvalue weighted by Crippen LogP contribution is -2.13. The topological polar surface area (TPSA) is 0 Å². The fraction of sp³-hybridized carbons (Fsp3) is 0.727. The Bertz CT molecular complexity index is 399. The molecule has 0 aliphatic rings. The number of benzene rings is 1. The molecule has 0 saturated carbocycles. The number of hydrogen-bond donors (Lipinski definition) is 0. The van der Waals surface area contributed by atoms with Crippen LogP contribution in [0.15, 0.2) is 24.3 Å². The average molecular weight is 428 g/mol. The average Bonchev–Trinajstić information content (AvgIpc) is 2.55. The second-order valence-electron chi connectivity index (χ2n) is 7.00. The minimum absolute atomic E-state index is 0.728. The fourth-order valence-electron chi connectivity index (χ4n) is 3.52. The Morgan fingerprint density at radius 1 is 0.826 bits per heavy atom. The van der Waals surface area contributed by atoms with Gasteiger partial charge < -0.3 is 0 Å². The minimum Gasteiger partial charge on any atom is -0.0820 e. The van der Waals surface area contributed by atoms with E-state index < -0.39 is 0 Å². The van der Waals surface area contributed by atoms with Crippen LogP contribution in [0.4, 0.5) is 0 Å². The van der Waals surface area contributed by atoms with Crippen molar-refractivity contribution in [3.05, 3.63) is 35.4 Å². The minimum atomic E-state index is 0.728. The molecule has 132 valence electrons. The van der Waals surface area contributed by atoms with Crippen molar-refractivity contribution in [1.29, 1.82) is 0 Å². The number of alkyl halides is 1. The Labute approximate surface area is 159 Å². The maximum absolute atomic E-state index is 2.71. The van der Waals surface area contributed by atoms with Crippen molar-refractivity contribution in [2.75, 3.05) is 0 Å². The molecule has 0 amide bonds. The van der Waals surface area contributed by atoms with E-state index in [4.69, 9.17) is 0 Å². The Balaban J connectivity index is 2.20. The molecule has 0 saturated heterocycles. The van der Waals surface area contributed by atoms with Gasteiger partial charge in [0.15, 0.2) is 0 Å². The second-order valence-corrected chi connectivity index (χ2v) is 8.60. The first-order chi connectivity index (χ1) is 11.2. The summed E-state index contributed by atoms with van der Waals surface area (Å²) in [4.78, 5) is 0. The molecule has 1 aromatic carbocycles. The normalized spacial score (nSPS) is 13.9. The number of unbranched alkanes of at least 4 members (excludes halogenated alkanes) is 8. The van der Waals surface area contributed by atoms with E-state index in [0.717, 1.165) is 9.84 Å². The zero-order valence-corrected chi connectivity index (χ0v) is 17.8. The smallest absolute Gasteiger partial charge is 0.0178 e. The van der Waals surface area contributed by atoms with Crippen LogP contribution in [-0.4, -0.2) is 3.92 Å². The molecule has 23 heavy (non-hydrogen) atoms. The highest BCUT2D eigenvalue weighted by Crippen LogP contribution is 2.33. The van der Waals surface area contributed by atoms with Gasteiger partial charge in [0.25, 0.3) is 0 Å². The van der Waals surface area contributed by atoms with E-state index in [2.05, 4.69) is 67.6 Å². The maximum Gasteiger partial charge on any atom is 0.0178 e. The summed E-state index contributed by atoms with van der Waals surface area (Å²) in [5, 5.41) is 0. The first-order valence-corrected chi connectivity index (χ1v) is 11.1. The number of halogens is 1. The molecule has 2 unspecified atom stereocenters. The summed E-state index contributed by atoms with van der Waals surface area (Å²) >= 11 is 2.71. The van der Waals surface area contributed by atoms with Crippen molar-refractivity contribution in [3.8, 4) is 0 Å². The van der Waals surface area contributed by atoms with Crippen LogP contribution in [0, 0.1) is 6.92 Å². The molecule has 0 aromatic heterocycles. The molecule has 0 spiro atoms. The number of rotatable bonds is 13. The molecule has 0 nitrogen and oxygen atoms in total. The first-order valence-electron chi connectivity index (χ1n) is 9.90. The van der Waals surface area contributed by atoms with Crippen molar-refractivity contribution in [2.45, 2.75) is 101 Å². The lowest BCUT2D eigenvalue weighted by molar-refractivity contribution is 0.533. The van der Waals surface area contributed by atoms with Gasteiger partial charge >= 0.3 is 0 Å². The van der Waals surface area contributed by atoms with E-state index in [1.807, 2.05) is 0 Å². The molecule has 1 heteroatoms. The predicted molar refractivity (Wildman–Crippen MR) is 114 cm³/mol. The van der Waals surface area contributed by atoms with Gasteiger partial charge in [0.05, 0.1) is 0 Å². The van der Waals surface area contributed by atoms with E-state index in [-0.39, 0.29) is 0 Å². The molecule has 0 fully saturated rings. The highest BCUT2D eigenvalue weighted by Gasteiger charge is 2.19. The van der Waals surface area contributed by atoms with E-state index in [0.29, 0.717) is 0 Å². The van der Waals surface area contributed by atoms with Crippen LogP contribution in [0.25, 0.3) is 0 Å². The van der Waals surface area contributed by atoms with Gasteiger partial charge in [-0.15, -0.1) is 0 Å². The Morgan fingerprint density at radius 2 is 1.39 bits per heavy atom. The lowest BCUT2D eigenvalue weighted by atomic mass is 9.88. The molecule has 1 rings (SSSR count). The predicted octanol–water partition coefficient (Wildman–Crippen LogP) is 8.21. The van der Waals surface area contributed by atoms with Crippen LogP contribution < -0.4 is 0 Å². The van der Waals surface area contributed by atoms with Gasteiger partial charge in [0.2, 0.25) is 0 Å². The first kappa shape index (κ1) is 21.0. The third kappa shape index (κ3) is 8.56. The summed E-state index contributed by atoms with van der Waals surface area (Å²) in [6.07, 6.45) is 15.5. The molecule has 0 bridgehead atoms.